The van der Waals surface area contributed by atoms with Crippen LogP contribution in [-0.4, -0.2) is 92.4 Å². The summed E-state index contributed by atoms with van der Waals surface area (Å²) in [5.41, 5.74) is 2.22. The summed E-state index contributed by atoms with van der Waals surface area (Å²) >= 11 is 6.28. The van der Waals surface area contributed by atoms with Gasteiger partial charge in [-0.3, -0.25) is 4.90 Å². The van der Waals surface area contributed by atoms with Gasteiger partial charge in [0.15, 0.2) is 5.82 Å². The van der Waals surface area contributed by atoms with E-state index in [-0.39, 0.29) is 0 Å². The highest BCUT2D eigenvalue weighted by Crippen LogP contribution is 2.24. The van der Waals surface area contributed by atoms with E-state index < -0.39 is 0 Å². The van der Waals surface area contributed by atoms with Crippen LogP contribution >= 0.6 is 11.6 Å². The van der Waals surface area contributed by atoms with Crippen molar-refractivity contribution < 1.29 is 4.74 Å². The molecule has 7 nitrogen and oxygen atoms in total. The van der Waals surface area contributed by atoms with Crippen molar-refractivity contribution in [3.8, 4) is 11.4 Å². The van der Waals surface area contributed by atoms with Gasteiger partial charge in [0, 0.05) is 63.1 Å². The number of hydrogen-bond acceptors (Lipinski definition) is 7. The molecule has 0 bridgehead atoms. The molecule has 8 heteroatoms. The highest BCUT2D eigenvalue weighted by Gasteiger charge is 2.15. The van der Waals surface area contributed by atoms with Gasteiger partial charge < -0.3 is 19.9 Å². The van der Waals surface area contributed by atoms with Crippen molar-refractivity contribution in [2.75, 3.05) is 82.8 Å². The van der Waals surface area contributed by atoms with Crippen molar-refractivity contribution in [3.05, 3.63) is 35.5 Å². The van der Waals surface area contributed by atoms with Crippen LogP contribution in [0.3, 0.4) is 0 Å². The first-order valence-electron chi connectivity index (χ1n) is 10.8. The molecule has 0 spiro atoms. The van der Waals surface area contributed by atoms with Crippen LogP contribution < -0.4 is 10.2 Å². The molecule has 0 amide bonds. The lowest BCUT2D eigenvalue weighted by molar-refractivity contribution is 0.0378. The number of anilines is 2. The Bertz CT molecular complexity index is 804. The minimum Gasteiger partial charge on any atom is -0.379 e. The zero-order chi connectivity index (χ0) is 20.8. The van der Waals surface area contributed by atoms with Crippen LogP contribution in [0.5, 0.6) is 0 Å². The maximum Gasteiger partial charge on any atom is 0.163 e. The fraction of sp³-hybridized carbons (Fsp3) is 0.545. The standard InChI is InChI=1S/C22H31ClN6O/c1-27-9-11-29(12-10-27)19-5-3-18(4-6-19)22-25-20(23)17-21(26-22)24-7-2-8-28-13-15-30-16-14-28/h3-6,17H,2,7-16H2,1H3,(H,24,25,26). The number of benzene rings is 1. The number of likely N-dealkylation sites (N-methyl/N-ethyl adjacent to an activating group) is 1. The molecule has 1 N–H and O–H groups in total. The summed E-state index contributed by atoms with van der Waals surface area (Å²) in [5, 5.41) is 3.85. The molecule has 2 saturated heterocycles. The average molecular weight is 431 g/mol. The van der Waals surface area contributed by atoms with Crippen molar-refractivity contribution in [2.45, 2.75) is 6.42 Å². The van der Waals surface area contributed by atoms with E-state index in [4.69, 9.17) is 16.3 Å². The van der Waals surface area contributed by atoms with Gasteiger partial charge in [0.05, 0.1) is 13.2 Å². The van der Waals surface area contributed by atoms with E-state index in [1.165, 1.54) is 5.69 Å². The van der Waals surface area contributed by atoms with Crippen LogP contribution in [0.2, 0.25) is 5.15 Å². The Morgan fingerprint density at radius 3 is 2.47 bits per heavy atom. The van der Waals surface area contributed by atoms with E-state index in [0.29, 0.717) is 11.0 Å². The number of piperazine rings is 1. The third kappa shape index (κ3) is 5.82. The van der Waals surface area contributed by atoms with Crippen LogP contribution in [0.25, 0.3) is 11.4 Å². The van der Waals surface area contributed by atoms with Crippen LogP contribution in [0.4, 0.5) is 11.5 Å². The van der Waals surface area contributed by atoms with Crippen LogP contribution in [-0.2, 0) is 4.74 Å². The molecule has 1 aromatic heterocycles. The SMILES string of the molecule is CN1CCN(c2ccc(-c3nc(Cl)cc(NCCCN4CCOCC4)n3)cc2)CC1. The maximum absolute atomic E-state index is 6.28. The highest BCUT2D eigenvalue weighted by molar-refractivity contribution is 6.29. The third-order valence-corrected chi connectivity index (χ3v) is 5.94. The largest absolute Gasteiger partial charge is 0.379 e. The summed E-state index contributed by atoms with van der Waals surface area (Å²) in [6.45, 7) is 9.95. The smallest absolute Gasteiger partial charge is 0.163 e. The van der Waals surface area contributed by atoms with E-state index >= 15 is 0 Å². The lowest BCUT2D eigenvalue weighted by Gasteiger charge is -2.34. The Morgan fingerprint density at radius 2 is 1.73 bits per heavy atom. The third-order valence-electron chi connectivity index (χ3n) is 5.75. The predicted octanol–water partition coefficient (Wildman–Crippen LogP) is 2.68. The Hall–Kier alpha value is -1.93. The maximum atomic E-state index is 6.28. The predicted molar refractivity (Wildman–Crippen MR) is 123 cm³/mol. The number of morpholine rings is 1. The molecule has 0 unspecified atom stereocenters. The van der Waals surface area contributed by atoms with Gasteiger partial charge in [-0.25, -0.2) is 9.97 Å². The normalized spacial score (nSPS) is 18.5. The minimum absolute atomic E-state index is 0.457. The zero-order valence-electron chi connectivity index (χ0n) is 17.7. The molecule has 0 radical (unpaired) electrons. The molecule has 4 rings (SSSR count). The van der Waals surface area contributed by atoms with Gasteiger partial charge in [0.25, 0.3) is 0 Å². The Kier molecular flexibility index (Phi) is 7.38. The molecule has 3 heterocycles. The molecule has 0 atom stereocenters. The van der Waals surface area contributed by atoms with E-state index in [0.717, 1.165) is 83.4 Å². The van der Waals surface area contributed by atoms with Crippen molar-refractivity contribution in [2.24, 2.45) is 0 Å². The molecule has 162 valence electrons. The molecule has 2 aliphatic rings. The second kappa shape index (κ2) is 10.4. The summed E-state index contributed by atoms with van der Waals surface area (Å²) in [4.78, 5) is 16.3. The van der Waals surface area contributed by atoms with Gasteiger partial charge in [0.2, 0.25) is 0 Å². The molecule has 2 aliphatic heterocycles. The second-order valence-corrected chi connectivity index (χ2v) is 8.36. The lowest BCUT2D eigenvalue weighted by atomic mass is 10.1. The van der Waals surface area contributed by atoms with E-state index in [2.05, 4.69) is 61.3 Å². The summed E-state index contributed by atoms with van der Waals surface area (Å²) in [6, 6.07) is 10.3. The summed E-state index contributed by atoms with van der Waals surface area (Å²) < 4.78 is 5.40. The summed E-state index contributed by atoms with van der Waals surface area (Å²) in [6.07, 6.45) is 1.05. The monoisotopic (exact) mass is 430 g/mol. The molecule has 0 aliphatic carbocycles. The van der Waals surface area contributed by atoms with Crippen molar-refractivity contribution in [1.82, 2.24) is 19.8 Å². The molecular weight excluding hydrogens is 400 g/mol. The van der Waals surface area contributed by atoms with E-state index in [1.54, 1.807) is 6.07 Å². The van der Waals surface area contributed by atoms with E-state index in [9.17, 15) is 0 Å². The fourth-order valence-corrected chi connectivity index (χ4v) is 4.05. The van der Waals surface area contributed by atoms with Crippen molar-refractivity contribution in [1.29, 1.82) is 0 Å². The summed E-state index contributed by atoms with van der Waals surface area (Å²) in [7, 11) is 2.17. The average Bonchev–Trinajstić information content (AvgIpc) is 2.78. The van der Waals surface area contributed by atoms with Crippen LogP contribution in [0.1, 0.15) is 6.42 Å². The first kappa shape index (κ1) is 21.3. The summed E-state index contributed by atoms with van der Waals surface area (Å²) in [5.74, 6) is 1.43. The van der Waals surface area contributed by atoms with Gasteiger partial charge >= 0.3 is 0 Å². The fourth-order valence-electron chi connectivity index (χ4n) is 3.87. The number of halogens is 1. The molecule has 2 fully saturated rings. The number of hydrogen-bond donors (Lipinski definition) is 1. The van der Waals surface area contributed by atoms with Gasteiger partial charge in [0.1, 0.15) is 11.0 Å². The first-order valence-corrected chi connectivity index (χ1v) is 11.2. The van der Waals surface area contributed by atoms with Gasteiger partial charge in [-0.05, 0) is 44.3 Å². The minimum atomic E-state index is 0.457. The van der Waals surface area contributed by atoms with Gasteiger partial charge in [-0.1, -0.05) is 11.6 Å². The number of aromatic nitrogens is 2. The molecule has 30 heavy (non-hydrogen) atoms. The van der Waals surface area contributed by atoms with Crippen molar-refractivity contribution in [3.63, 3.8) is 0 Å². The molecule has 1 aromatic carbocycles. The Morgan fingerprint density at radius 1 is 1.00 bits per heavy atom. The topological polar surface area (TPSA) is 56.8 Å². The van der Waals surface area contributed by atoms with Gasteiger partial charge in [-0.2, -0.15) is 0 Å². The number of nitrogens with zero attached hydrogens (tertiary/aromatic N) is 5. The molecule has 0 saturated carbocycles. The number of ether oxygens (including phenoxy) is 1. The first-order chi connectivity index (χ1) is 14.7. The van der Waals surface area contributed by atoms with Crippen LogP contribution in [0.15, 0.2) is 30.3 Å². The van der Waals surface area contributed by atoms with Crippen LogP contribution in [0, 0.1) is 0 Å². The molecular formula is C22H31ClN6O. The number of rotatable bonds is 7. The Labute approximate surface area is 184 Å². The zero-order valence-corrected chi connectivity index (χ0v) is 18.4. The lowest BCUT2D eigenvalue weighted by Crippen LogP contribution is -2.44. The van der Waals surface area contributed by atoms with Gasteiger partial charge in [-0.15, -0.1) is 0 Å². The van der Waals surface area contributed by atoms with E-state index in [1.807, 2.05) is 0 Å². The highest BCUT2D eigenvalue weighted by atomic mass is 35.5. The second-order valence-electron chi connectivity index (χ2n) is 7.97. The number of nitrogens with one attached hydrogen (secondary N) is 1. The Balaban J connectivity index is 1.34. The molecule has 2 aromatic rings. The van der Waals surface area contributed by atoms with Crippen molar-refractivity contribution >= 4 is 23.1 Å². The quantitative estimate of drug-likeness (QED) is 0.535.